The summed E-state index contributed by atoms with van der Waals surface area (Å²) in [4.78, 5) is 15.0. The minimum absolute atomic E-state index is 0.139. The van der Waals surface area contributed by atoms with Crippen molar-refractivity contribution >= 4 is 39.4 Å². The van der Waals surface area contributed by atoms with E-state index >= 15 is 0 Å². The van der Waals surface area contributed by atoms with Crippen molar-refractivity contribution in [1.82, 2.24) is 20.4 Å². The molecule has 4 rings (SSSR count). The Balaban J connectivity index is 1.50. The molecule has 2 fully saturated rings. The number of H-pyrrole nitrogens is 1. The Kier molecular flexibility index (Phi) is 5.58. The molecular weight excluding hydrogens is 481 g/mol. The van der Waals surface area contributed by atoms with Crippen molar-refractivity contribution < 1.29 is 18.3 Å². The van der Waals surface area contributed by atoms with E-state index in [0.29, 0.717) is 51.3 Å². The number of aromatic nitrogens is 2. The fraction of sp³-hybridized carbons (Fsp3) is 0.579. The Labute approximate surface area is 175 Å². The Morgan fingerprint density at radius 1 is 1.25 bits per heavy atom. The van der Waals surface area contributed by atoms with Gasteiger partial charge in [0.05, 0.1) is 18.7 Å². The zero-order valence-corrected chi connectivity index (χ0v) is 17.6. The van der Waals surface area contributed by atoms with Gasteiger partial charge in [0.15, 0.2) is 0 Å². The van der Waals surface area contributed by atoms with E-state index in [-0.39, 0.29) is 18.7 Å². The molecule has 2 heterocycles. The number of benzene rings is 1. The van der Waals surface area contributed by atoms with Gasteiger partial charge in [-0.3, -0.25) is 14.8 Å². The van der Waals surface area contributed by atoms with E-state index in [1.807, 2.05) is 12.1 Å². The van der Waals surface area contributed by atoms with Crippen LogP contribution in [0, 0.1) is 3.70 Å². The van der Waals surface area contributed by atoms with Gasteiger partial charge in [-0.25, -0.2) is 8.78 Å². The summed E-state index contributed by atoms with van der Waals surface area (Å²) in [6.07, 6.45) is 0.469. The minimum Gasteiger partial charge on any atom is -0.379 e. The van der Waals surface area contributed by atoms with Crippen molar-refractivity contribution in [2.75, 3.05) is 32.8 Å². The van der Waals surface area contributed by atoms with Gasteiger partial charge in [-0.2, -0.15) is 5.10 Å². The van der Waals surface area contributed by atoms with Crippen LogP contribution in [-0.4, -0.2) is 65.3 Å². The largest absolute Gasteiger partial charge is 0.379 e. The van der Waals surface area contributed by atoms with Crippen molar-refractivity contribution in [2.24, 2.45) is 0 Å². The lowest BCUT2D eigenvalue weighted by atomic mass is 9.78. The van der Waals surface area contributed by atoms with Gasteiger partial charge in [-0.1, -0.05) is 0 Å². The number of carbonyl (C=O) groups is 1. The number of fused-ring (bicyclic) bond motifs is 1. The van der Waals surface area contributed by atoms with E-state index < -0.39 is 11.5 Å². The Morgan fingerprint density at radius 3 is 2.68 bits per heavy atom. The summed E-state index contributed by atoms with van der Waals surface area (Å²) in [6, 6.07) is 5.40. The van der Waals surface area contributed by atoms with Crippen LogP contribution in [-0.2, 0) is 4.74 Å². The maximum atomic E-state index is 13.8. The molecule has 1 amide bonds. The predicted octanol–water partition coefficient (Wildman–Crippen LogP) is 3.18. The second-order valence-electron chi connectivity index (χ2n) is 7.64. The summed E-state index contributed by atoms with van der Waals surface area (Å²) >= 11 is 2.12. The third-order valence-corrected chi connectivity index (χ3v) is 6.77. The Morgan fingerprint density at radius 2 is 1.96 bits per heavy atom. The van der Waals surface area contributed by atoms with Crippen LogP contribution in [0.15, 0.2) is 18.2 Å². The normalized spacial score (nSPS) is 22.2. The molecule has 2 aromatic rings. The van der Waals surface area contributed by atoms with E-state index in [0.717, 1.165) is 14.6 Å². The lowest BCUT2D eigenvalue weighted by Crippen LogP contribution is -2.61. The summed E-state index contributed by atoms with van der Waals surface area (Å²) in [5.41, 5.74) is 0.986. The molecule has 28 heavy (non-hydrogen) atoms. The summed E-state index contributed by atoms with van der Waals surface area (Å²) in [5, 5.41) is 11.0. The molecule has 1 saturated heterocycles. The fourth-order valence-electron chi connectivity index (χ4n) is 4.19. The summed E-state index contributed by atoms with van der Waals surface area (Å²) < 4.78 is 33.8. The fourth-order valence-corrected chi connectivity index (χ4v) is 4.76. The van der Waals surface area contributed by atoms with Crippen LogP contribution in [0.4, 0.5) is 8.78 Å². The minimum atomic E-state index is -2.61. The summed E-state index contributed by atoms with van der Waals surface area (Å²) in [5.74, 6) is -2.80. The van der Waals surface area contributed by atoms with Gasteiger partial charge < -0.3 is 10.1 Å². The predicted molar refractivity (Wildman–Crippen MR) is 110 cm³/mol. The van der Waals surface area contributed by atoms with Crippen LogP contribution in [0.2, 0.25) is 0 Å². The van der Waals surface area contributed by atoms with Crippen molar-refractivity contribution in [3.05, 3.63) is 27.5 Å². The molecule has 152 valence electrons. The second-order valence-corrected chi connectivity index (χ2v) is 8.66. The van der Waals surface area contributed by atoms with Crippen LogP contribution in [0.5, 0.6) is 0 Å². The second kappa shape index (κ2) is 7.83. The SMILES string of the molecule is O=C(NCC1(N2CCOCC2)CCC(F)(F)CC1)c1ccc2[nH]nc(I)c2c1. The third-order valence-electron chi connectivity index (χ3n) is 5.95. The number of nitrogens with one attached hydrogen (secondary N) is 2. The molecule has 9 heteroatoms. The molecule has 0 radical (unpaired) electrons. The number of ether oxygens (including phenoxy) is 1. The Bertz CT molecular complexity index is 857. The van der Waals surface area contributed by atoms with Gasteiger partial charge in [-0.15, -0.1) is 0 Å². The molecule has 1 aliphatic carbocycles. The van der Waals surface area contributed by atoms with Crippen LogP contribution < -0.4 is 5.32 Å². The van der Waals surface area contributed by atoms with Crippen LogP contribution >= 0.6 is 22.6 Å². The number of nitrogens with zero attached hydrogens (tertiary/aromatic N) is 2. The van der Waals surface area contributed by atoms with Gasteiger partial charge in [0.25, 0.3) is 5.91 Å². The number of amides is 1. The standard InChI is InChI=1S/C19H23F2IN4O2/c20-19(21)5-3-18(4-6-19,26-7-9-28-10-8-26)12-23-17(27)13-1-2-15-14(11-13)16(22)25-24-15/h1-2,11H,3-10,12H2,(H,23,27)(H,24,25). The quantitative estimate of drug-likeness (QED) is 0.628. The monoisotopic (exact) mass is 504 g/mol. The summed E-state index contributed by atoms with van der Waals surface area (Å²) in [7, 11) is 0. The maximum absolute atomic E-state index is 13.8. The average Bonchev–Trinajstić information content (AvgIpc) is 3.08. The first kappa shape index (κ1) is 20.0. The molecule has 0 spiro atoms. The van der Waals surface area contributed by atoms with E-state index in [4.69, 9.17) is 4.74 Å². The van der Waals surface area contributed by atoms with Crippen molar-refractivity contribution in [2.45, 2.75) is 37.1 Å². The highest BCUT2D eigenvalue weighted by Gasteiger charge is 2.46. The van der Waals surface area contributed by atoms with Crippen LogP contribution in [0.25, 0.3) is 10.9 Å². The molecule has 1 aromatic heterocycles. The van der Waals surface area contributed by atoms with E-state index in [1.54, 1.807) is 6.07 Å². The first-order valence-corrected chi connectivity index (χ1v) is 10.6. The number of alkyl halides is 2. The zero-order valence-electron chi connectivity index (χ0n) is 15.4. The van der Waals surface area contributed by atoms with Gasteiger partial charge in [0, 0.05) is 49.0 Å². The van der Waals surface area contributed by atoms with Gasteiger partial charge in [0.1, 0.15) is 3.70 Å². The van der Waals surface area contributed by atoms with E-state index in [2.05, 4.69) is 43.0 Å². The first-order valence-electron chi connectivity index (χ1n) is 9.51. The highest BCUT2D eigenvalue weighted by molar-refractivity contribution is 14.1. The molecule has 1 aromatic carbocycles. The number of carbonyl (C=O) groups excluding carboxylic acids is 1. The topological polar surface area (TPSA) is 70.2 Å². The molecule has 2 aliphatic rings. The number of hydrogen-bond acceptors (Lipinski definition) is 4. The van der Waals surface area contributed by atoms with Crippen molar-refractivity contribution in [1.29, 1.82) is 0 Å². The number of morpholine rings is 1. The first-order chi connectivity index (χ1) is 13.4. The van der Waals surface area contributed by atoms with Gasteiger partial charge in [0.2, 0.25) is 5.92 Å². The third kappa shape index (κ3) is 4.02. The molecular formula is C19H23F2IN4O2. The van der Waals surface area contributed by atoms with E-state index in [9.17, 15) is 13.6 Å². The van der Waals surface area contributed by atoms with Crippen molar-refractivity contribution in [3.63, 3.8) is 0 Å². The lowest BCUT2D eigenvalue weighted by molar-refractivity contribution is -0.0988. The highest BCUT2D eigenvalue weighted by Crippen LogP contribution is 2.41. The number of aromatic amines is 1. The molecule has 0 bridgehead atoms. The van der Waals surface area contributed by atoms with Gasteiger partial charge in [-0.05, 0) is 53.6 Å². The molecule has 0 atom stereocenters. The summed E-state index contributed by atoms with van der Waals surface area (Å²) in [6.45, 7) is 2.98. The van der Waals surface area contributed by atoms with Crippen LogP contribution in [0.3, 0.4) is 0 Å². The molecule has 1 aliphatic heterocycles. The highest BCUT2D eigenvalue weighted by atomic mass is 127. The average molecular weight is 504 g/mol. The number of rotatable bonds is 4. The molecule has 1 saturated carbocycles. The number of halogens is 3. The molecule has 6 nitrogen and oxygen atoms in total. The van der Waals surface area contributed by atoms with Crippen LogP contribution in [0.1, 0.15) is 36.0 Å². The molecule has 2 N–H and O–H groups in total. The zero-order chi connectivity index (χ0) is 19.8. The van der Waals surface area contributed by atoms with E-state index in [1.165, 1.54) is 0 Å². The van der Waals surface area contributed by atoms with Crippen molar-refractivity contribution in [3.8, 4) is 0 Å². The molecule has 0 unspecified atom stereocenters. The lowest BCUT2D eigenvalue weighted by Gasteiger charge is -2.49. The smallest absolute Gasteiger partial charge is 0.251 e. The Hall–Kier alpha value is -1.33. The number of hydrogen-bond donors (Lipinski definition) is 2. The maximum Gasteiger partial charge on any atom is 0.251 e. The van der Waals surface area contributed by atoms with Gasteiger partial charge >= 0.3 is 0 Å².